The van der Waals surface area contributed by atoms with Gasteiger partial charge in [-0.3, -0.25) is 0 Å². The highest BCUT2D eigenvalue weighted by molar-refractivity contribution is 6.30. The van der Waals surface area contributed by atoms with Crippen LogP contribution in [0.3, 0.4) is 0 Å². The summed E-state index contributed by atoms with van der Waals surface area (Å²) in [5.74, 6) is 1.61. The predicted octanol–water partition coefficient (Wildman–Crippen LogP) is 6.28. The van der Waals surface area contributed by atoms with Crippen molar-refractivity contribution in [1.29, 1.82) is 0 Å². The Morgan fingerprint density at radius 3 is 2.76 bits per heavy atom. The molecular weight excluding hydrogens is 388 g/mol. The van der Waals surface area contributed by atoms with Crippen LogP contribution in [-0.4, -0.2) is 29.3 Å². The van der Waals surface area contributed by atoms with Crippen LogP contribution in [0.25, 0.3) is 11.1 Å². The van der Waals surface area contributed by atoms with E-state index in [0.717, 1.165) is 79.8 Å². The average molecular weight is 415 g/mol. The highest BCUT2D eigenvalue weighted by Crippen LogP contribution is 2.47. The molecule has 2 heterocycles. The number of ether oxygens (including phenoxy) is 1. The Kier molecular flexibility index (Phi) is 5.95. The van der Waals surface area contributed by atoms with Crippen LogP contribution in [0.1, 0.15) is 62.6 Å². The van der Waals surface area contributed by atoms with Gasteiger partial charge < -0.3 is 14.7 Å². The molecule has 1 aromatic carbocycles. The summed E-state index contributed by atoms with van der Waals surface area (Å²) in [5.41, 5.74) is 3.60. The van der Waals surface area contributed by atoms with Crippen molar-refractivity contribution in [1.82, 2.24) is 4.98 Å². The van der Waals surface area contributed by atoms with Gasteiger partial charge in [-0.1, -0.05) is 43.0 Å². The molecule has 154 valence electrons. The van der Waals surface area contributed by atoms with E-state index >= 15 is 0 Å². The number of fused-ring (bicyclic) bond motifs is 1. The van der Waals surface area contributed by atoms with Gasteiger partial charge in [0.25, 0.3) is 0 Å². The maximum Gasteiger partial charge on any atom is 0.511 e. The number of hydrogen-bond acceptors (Lipinski definition) is 4. The van der Waals surface area contributed by atoms with Gasteiger partial charge in [-0.25, -0.2) is 9.78 Å². The van der Waals surface area contributed by atoms with Crippen LogP contribution >= 0.6 is 11.6 Å². The minimum absolute atomic E-state index is 0.224. The third-order valence-corrected chi connectivity index (χ3v) is 6.32. The normalized spacial score (nSPS) is 17.1. The Morgan fingerprint density at radius 2 is 2.07 bits per heavy atom. The molecule has 0 unspecified atom stereocenters. The van der Waals surface area contributed by atoms with Crippen molar-refractivity contribution in [3.8, 4) is 16.9 Å². The molecule has 1 aromatic heterocycles. The predicted molar refractivity (Wildman–Crippen MR) is 115 cm³/mol. The van der Waals surface area contributed by atoms with Gasteiger partial charge >= 0.3 is 6.16 Å². The number of aromatic nitrogens is 1. The molecular formula is C23H27ClN2O3. The maximum atomic E-state index is 11.7. The van der Waals surface area contributed by atoms with E-state index in [1.54, 1.807) is 0 Å². The number of rotatable bonds is 4. The van der Waals surface area contributed by atoms with Gasteiger partial charge in [-0.15, -0.1) is 0 Å². The molecule has 2 aromatic rings. The van der Waals surface area contributed by atoms with E-state index in [1.807, 2.05) is 24.3 Å². The molecule has 0 spiro atoms. The van der Waals surface area contributed by atoms with E-state index in [4.69, 9.17) is 21.3 Å². The minimum Gasteiger partial charge on any atom is -0.449 e. The van der Waals surface area contributed by atoms with Crippen molar-refractivity contribution in [3.63, 3.8) is 0 Å². The fourth-order valence-corrected chi connectivity index (χ4v) is 4.95. The minimum atomic E-state index is -1.30. The van der Waals surface area contributed by atoms with Crippen molar-refractivity contribution in [2.75, 3.05) is 18.0 Å². The lowest BCUT2D eigenvalue weighted by Crippen LogP contribution is -2.31. The van der Waals surface area contributed by atoms with Crippen molar-refractivity contribution >= 4 is 23.6 Å². The highest BCUT2D eigenvalue weighted by Gasteiger charge is 2.31. The summed E-state index contributed by atoms with van der Waals surface area (Å²) in [6.45, 7) is 3.98. The van der Waals surface area contributed by atoms with Crippen LogP contribution in [0.4, 0.5) is 10.6 Å². The molecule has 0 amide bonds. The monoisotopic (exact) mass is 414 g/mol. The van der Waals surface area contributed by atoms with E-state index in [2.05, 4.69) is 11.8 Å². The zero-order valence-corrected chi connectivity index (χ0v) is 17.5. The Labute approximate surface area is 176 Å². The summed E-state index contributed by atoms with van der Waals surface area (Å²) in [4.78, 5) is 19.0. The van der Waals surface area contributed by atoms with Gasteiger partial charge in [0.1, 0.15) is 5.82 Å². The van der Waals surface area contributed by atoms with Gasteiger partial charge in [-0.2, -0.15) is 0 Å². The second-order valence-corrected chi connectivity index (χ2v) is 8.34. The Balaban J connectivity index is 1.99. The first-order valence-corrected chi connectivity index (χ1v) is 10.9. The molecule has 0 radical (unpaired) electrons. The molecule has 1 fully saturated rings. The first kappa shape index (κ1) is 20.0. The largest absolute Gasteiger partial charge is 0.511 e. The van der Waals surface area contributed by atoms with Crippen LogP contribution in [0.15, 0.2) is 24.3 Å². The lowest BCUT2D eigenvalue weighted by molar-refractivity contribution is 0.143. The van der Waals surface area contributed by atoms with Gasteiger partial charge in [0.05, 0.1) is 5.69 Å². The summed E-state index contributed by atoms with van der Waals surface area (Å²) >= 11 is 6.30. The van der Waals surface area contributed by atoms with E-state index in [1.165, 1.54) is 6.42 Å². The van der Waals surface area contributed by atoms with E-state index in [-0.39, 0.29) is 5.92 Å². The fourth-order valence-electron chi connectivity index (χ4n) is 4.76. The molecule has 6 heteroatoms. The number of pyridine rings is 1. The van der Waals surface area contributed by atoms with Crippen molar-refractivity contribution in [2.45, 2.75) is 57.8 Å². The van der Waals surface area contributed by atoms with Crippen molar-refractivity contribution in [2.24, 2.45) is 0 Å². The van der Waals surface area contributed by atoms with E-state index in [9.17, 15) is 9.90 Å². The van der Waals surface area contributed by atoms with Gasteiger partial charge in [0.2, 0.25) is 0 Å². The summed E-state index contributed by atoms with van der Waals surface area (Å²) in [6, 6.07) is 7.60. The number of carbonyl (C=O) groups is 1. The lowest BCUT2D eigenvalue weighted by atomic mass is 9.83. The average Bonchev–Trinajstić information content (AvgIpc) is 2.73. The third kappa shape index (κ3) is 4.06. The molecule has 4 rings (SSSR count). The van der Waals surface area contributed by atoms with Gasteiger partial charge in [0.15, 0.2) is 5.75 Å². The molecule has 1 saturated carbocycles. The van der Waals surface area contributed by atoms with Gasteiger partial charge in [-0.05, 0) is 50.3 Å². The molecule has 2 aliphatic rings. The number of halogens is 1. The SMILES string of the molecule is CCN1CCCc2c1nc(C1CCCCC1)c(OC(=O)O)c2-c1cccc(Cl)c1. The summed E-state index contributed by atoms with van der Waals surface area (Å²) < 4.78 is 5.45. The number of benzene rings is 1. The van der Waals surface area contributed by atoms with E-state index in [0.29, 0.717) is 10.8 Å². The topological polar surface area (TPSA) is 62.7 Å². The highest BCUT2D eigenvalue weighted by atomic mass is 35.5. The Bertz CT molecular complexity index is 909. The second-order valence-electron chi connectivity index (χ2n) is 7.90. The molecule has 0 atom stereocenters. The van der Waals surface area contributed by atoms with Crippen molar-refractivity contribution in [3.05, 3.63) is 40.5 Å². The van der Waals surface area contributed by atoms with Gasteiger partial charge in [0, 0.05) is 35.2 Å². The van der Waals surface area contributed by atoms with Crippen LogP contribution in [0.5, 0.6) is 5.75 Å². The quantitative estimate of drug-likeness (QED) is 0.596. The smallest absolute Gasteiger partial charge is 0.449 e. The fraction of sp³-hybridized carbons (Fsp3) is 0.478. The molecule has 0 saturated heterocycles. The van der Waals surface area contributed by atoms with Crippen LogP contribution in [-0.2, 0) is 6.42 Å². The van der Waals surface area contributed by atoms with Crippen LogP contribution in [0, 0.1) is 0 Å². The standard InChI is InChI=1S/C23H27ClN2O3/c1-2-26-13-7-12-18-19(16-10-6-11-17(24)14-16)21(29-23(27)28)20(25-22(18)26)15-8-4-3-5-9-15/h6,10-11,14-15H,2-5,7-9,12-13H2,1H3,(H,27,28). The zero-order valence-electron chi connectivity index (χ0n) is 16.8. The maximum absolute atomic E-state index is 11.7. The van der Waals surface area contributed by atoms with Crippen LogP contribution in [0.2, 0.25) is 5.02 Å². The molecule has 29 heavy (non-hydrogen) atoms. The molecule has 1 N–H and O–H groups in total. The molecule has 1 aliphatic carbocycles. The molecule has 1 aliphatic heterocycles. The summed E-state index contributed by atoms with van der Waals surface area (Å²) in [5, 5.41) is 10.2. The third-order valence-electron chi connectivity index (χ3n) is 6.09. The zero-order chi connectivity index (χ0) is 20.4. The Hall–Kier alpha value is -2.27. The summed E-state index contributed by atoms with van der Waals surface area (Å²) in [6.07, 6.45) is 6.09. The number of anilines is 1. The summed E-state index contributed by atoms with van der Waals surface area (Å²) in [7, 11) is 0. The number of hydrogen-bond donors (Lipinski definition) is 1. The number of nitrogens with zero attached hydrogens (tertiary/aromatic N) is 2. The number of carboxylic acid groups (broad SMARTS) is 1. The second kappa shape index (κ2) is 8.62. The van der Waals surface area contributed by atoms with Crippen molar-refractivity contribution < 1.29 is 14.6 Å². The first-order valence-electron chi connectivity index (χ1n) is 10.6. The van der Waals surface area contributed by atoms with Crippen LogP contribution < -0.4 is 9.64 Å². The van der Waals surface area contributed by atoms with E-state index < -0.39 is 6.16 Å². The molecule has 0 bridgehead atoms. The lowest BCUT2D eigenvalue weighted by Gasteiger charge is -2.33. The Morgan fingerprint density at radius 1 is 1.28 bits per heavy atom. The molecule has 5 nitrogen and oxygen atoms in total. The first-order chi connectivity index (χ1) is 14.1.